The largest absolute Gasteiger partial charge is 0.361 e. The average Bonchev–Trinajstić information content (AvgIpc) is 3.14. The fourth-order valence-corrected chi connectivity index (χ4v) is 4.38. The van der Waals surface area contributed by atoms with Crippen LogP contribution < -0.4 is 10.6 Å². The fourth-order valence-electron chi connectivity index (χ4n) is 4.38. The molecule has 3 aromatic carbocycles. The maximum absolute atomic E-state index is 13.3. The van der Waals surface area contributed by atoms with Crippen LogP contribution >= 0.6 is 0 Å². The smallest absolute Gasteiger partial charge is 0.256 e. The molecule has 1 unspecified atom stereocenters. The van der Waals surface area contributed by atoms with Crippen LogP contribution in [-0.4, -0.2) is 11.8 Å². The highest BCUT2D eigenvalue weighted by molar-refractivity contribution is 6.15. The van der Waals surface area contributed by atoms with Gasteiger partial charge in [0.2, 0.25) is 0 Å². The van der Waals surface area contributed by atoms with Crippen molar-refractivity contribution < 1.29 is 9.59 Å². The number of fused-ring (bicyclic) bond motifs is 1. The zero-order valence-electron chi connectivity index (χ0n) is 18.4. The zero-order valence-corrected chi connectivity index (χ0v) is 18.4. The third-order valence-corrected chi connectivity index (χ3v) is 5.94. The SMILES string of the molecule is O=C=C1C(c2ccccc2)=C(C(=O)Nc2ccccc2)C=CC1c1cccc2c1C=CC=CN2. The first-order valence-electron chi connectivity index (χ1n) is 11.1. The van der Waals surface area contributed by atoms with Crippen LogP contribution in [0.5, 0.6) is 0 Å². The zero-order chi connectivity index (χ0) is 23.3. The quantitative estimate of drug-likeness (QED) is 0.477. The highest BCUT2D eigenvalue weighted by Gasteiger charge is 2.30. The van der Waals surface area contributed by atoms with Gasteiger partial charge in [-0.2, -0.15) is 0 Å². The molecule has 0 fully saturated rings. The minimum atomic E-state index is -0.347. The Morgan fingerprint density at radius 2 is 1.62 bits per heavy atom. The molecular formula is C30H22N2O2. The number of nitrogens with one attached hydrogen (secondary N) is 2. The number of amides is 1. The third-order valence-electron chi connectivity index (χ3n) is 5.94. The molecule has 0 saturated carbocycles. The molecule has 164 valence electrons. The van der Waals surface area contributed by atoms with Gasteiger partial charge >= 0.3 is 0 Å². The summed E-state index contributed by atoms with van der Waals surface area (Å²) in [4.78, 5) is 25.8. The van der Waals surface area contributed by atoms with Crippen molar-refractivity contribution in [1.29, 1.82) is 0 Å². The van der Waals surface area contributed by atoms with Crippen molar-refractivity contribution in [1.82, 2.24) is 0 Å². The first kappa shape index (κ1) is 21.2. The first-order chi connectivity index (χ1) is 16.8. The van der Waals surface area contributed by atoms with E-state index in [1.54, 1.807) is 0 Å². The van der Waals surface area contributed by atoms with Gasteiger partial charge in [-0.25, -0.2) is 4.79 Å². The lowest BCUT2D eigenvalue weighted by Crippen LogP contribution is -2.19. The molecule has 4 nitrogen and oxygen atoms in total. The number of anilines is 2. The summed E-state index contributed by atoms with van der Waals surface area (Å²) < 4.78 is 0. The molecule has 0 radical (unpaired) electrons. The Kier molecular flexibility index (Phi) is 5.89. The number of benzene rings is 3. The Balaban J connectivity index is 1.63. The predicted octanol–water partition coefficient (Wildman–Crippen LogP) is 6.14. The summed E-state index contributed by atoms with van der Waals surface area (Å²) in [5.74, 6) is 1.57. The van der Waals surface area contributed by atoms with Crippen molar-refractivity contribution in [3.63, 3.8) is 0 Å². The number of carbonyl (C=O) groups is 1. The standard InChI is InChI=1S/C30H22N2O2/c33-20-27-24(23-15-9-16-28-25(23)14-7-8-19-31-28)17-18-26(29(27)21-10-3-1-4-11-21)30(34)32-22-12-5-2-6-13-22/h1-19,24,31H,(H,32,34). The van der Waals surface area contributed by atoms with Gasteiger partial charge in [0, 0.05) is 40.2 Å². The van der Waals surface area contributed by atoms with Crippen LogP contribution in [0, 0.1) is 0 Å². The predicted molar refractivity (Wildman–Crippen MR) is 138 cm³/mol. The lowest BCUT2D eigenvalue weighted by Gasteiger charge is -2.26. The molecule has 5 rings (SSSR count). The molecule has 0 bridgehead atoms. The van der Waals surface area contributed by atoms with E-state index < -0.39 is 0 Å². The minimum Gasteiger partial charge on any atom is -0.361 e. The van der Waals surface area contributed by atoms with Crippen molar-refractivity contribution in [3.8, 4) is 0 Å². The van der Waals surface area contributed by atoms with Crippen molar-refractivity contribution in [2.24, 2.45) is 0 Å². The Morgan fingerprint density at radius 3 is 2.38 bits per heavy atom. The number of para-hydroxylation sites is 1. The third kappa shape index (κ3) is 4.06. The summed E-state index contributed by atoms with van der Waals surface area (Å²) in [7, 11) is 0. The van der Waals surface area contributed by atoms with Crippen molar-refractivity contribution >= 4 is 34.9 Å². The van der Waals surface area contributed by atoms with Crippen LogP contribution in [0.2, 0.25) is 0 Å². The van der Waals surface area contributed by atoms with E-state index >= 15 is 0 Å². The summed E-state index contributed by atoms with van der Waals surface area (Å²) in [6, 6.07) is 24.8. The summed E-state index contributed by atoms with van der Waals surface area (Å²) >= 11 is 0. The van der Waals surface area contributed by atoms with E-state index in [-0.39, 0.29) is 11.8 Å². The normalized spacial score (nSPS) is 16.4. The molecule has 1 amide bonds. The average molecular weight is 443 g/mol. The van der Waals surface area contributed by atoms with Gasteiger partial charge in [0.15, 0.2) is 0 Å². The van der Waals surface area contributed by atoms with E-state index in [0.717, 1.165) is 22.4 Å². The summed E-state index contributed by atoms with van der Waals surface area (Å²) in [6.07, 6.45) is 11.5. The first-order valence-corrected chi connectivity index (χ1v) is 11.1. The lowest BCUT2D eigenvalue weighted by atomic mass is 9.77. The summed E-state index contributed by atoms with van der Waals surface area (Å²) in [5, 5.41) is 6.23. The second-order valence-corrected chi connectivity index (χ2v) is 8.00. The highest BCUT2D eigenvalue weighted by atomic mass is 16.1. The van der Waals surface area contributed by atoms with Gasteiger partial charge in [0.05, 0.1) is 5.57 Å². The lowest BCUT2D eigenvalue weighted by molar-refractivity contribution is -0.112. The van der Waals surface area contributed by atoms with E-state index in [9.17, 15) is 9.59 Å². The Hall–Kier alpha value is -4.66. The molecule has 2 aliphatic rings. The molecule has 34 heavy (non-hydrogen) atoms. The maximum Gasteiger partial charge on any atom is 0.256 e. The Bertz CT molecular complexity index is 1410. The molecular weight excluding hydrogens is 420 g/mol. The number of rotatable bonds is 4. The minimum absolute atomic E-state index is 0.273. The van der Waals surface area contributed by atoms with E-state index in [2.05, 4.69) is 16.6 Å². The van der Waals surface area contributed by atoms with Crippen LogP contribution in [0.1, 0.15) is 22.6 Å². The maximum atomic E-state index is 13.3. The number of carbonyl (C=O) groups excluding carboxylic acids is 2. The van der Waals surface area contributed by atoms with Crippen LogP contribution in [-0.2, 0) is 9.59 Å². The van der Waals surface area contributed by atoms with Crippen molar-refractivity contribution in [3.05, 3.63) is 137 Å². The van der Waals surface area contributed by atoms with E-state index in [0.29, 0.717) is 22.4 Å². The van der Waals surface area contributed by atoms with Gasteiger partial charge in [-0.15, -0.1) is 0 Å². The van der Waals surface area contributed by atoms with Gasteiger partial charge in [-0.1, -0.05) is 85.0 Å². The van der Waals surface area contributed by atoms with Crippen LogP contribution in [0.15, 0.2) is 121 Å². The monoisotopic (exact) mass is 442 g/mol. The molecule has 0 saturated heterocycles. The van der Waals surface area contributed by atoms with Gasteiger partial charge in [0.25, 0.3) is 5.91 Å². The van der Waals surface area contributed by atoms with Crippen LogP contribution in [0.25, 0.3) is 11.6 Å². The second kappa shape index (κ2) is 9.45. The van der Waals surface area contributed by atoms with Gasteiger partial charge < -0.3 is 10.6 Å². The molecule has 1 aliphatic heterocycles. The fraction of sp³-hybridized carbons (Fsp3) is 0.0333. The van der Waals surface area contributed by atoms with Crippen molar-refractivity contribution in [2.75, 3.05) is 10.6 Å². The summed E-state index contributed by atoms with van der Waals surface area (Å²) in [6.45, 7) is 0. The number of hydrogen-bond donors (Lipinski definition) is 2. The van der Waals surface area contributed by atoms with Crippen LogP contribution in [0.4, 0.5) is 11.4 Å². The molecule has 1 aliphatic carbocycles. The van der Waals surface area contributed by atoms with Gasteiger partial charge in [0.1, 0.15) is 5.94 Å². The van der Waals surface area contributed by atoms with E-state index in [1.807, 2.05) is 115 Å². The van der Waals surface area contributed by atoms with Gasteiger partial charge in [-0.05, 0) is 35.4 Å². The number of hydrogen-bond acceptors (Lipinski definition) is 3. The molecule has 0 spiro atoms. The Labute approximate surface area is 198 Å². The molecule has 3 aromatic rings. The van der Waals surface area contributed by atoms with E-state index in [4.69, 9.17) is 0 Å². The molecule has 1 atom stereocenters. The van der Waals surface area contributed by atoms with Crippen molar-refractivity contribution in [2.45, 2.75) is 5.92 Å². The summed E-state index contributed by atoms with van der Waals surface area (Å²) in [5.41, 5.74) is 5.88. The topological polar surface area (TPSA) is 58.2 Å². The van der Waals surface area contributed by atoms with Gasteiger partial charge in [-0.3, -0.25) is 4.79 Å². The highest BCUT2D eigenvalue weighted by Crippen LogP contribution is 2.43. The second-order valence-electron chi connectivity index (χ2n) is 8.00. The van der Waals surface area contributed by atoms with E-state index in [1.165, 1.54) is 0 Å². The number of allylic oxidation sites excluding steroid dienone is 5. The molecule has 2 N–H and O–H groups in total. The molecule has 1 heterocycles. The molecule has 0 aromatic heterocycles. The molecule has 4 heteroatoms. The van der Waals surface area contributed by atoms with Crippen LogP contribution in [0.3, 0.4) is 0 Å². The Morgan fingerprint density at radius 1 is 0.853 bits per heavy atom.